The summed E-state index contributed by atoms with van der Waals surface area (Å²) < 4.78 is 13.5. The Kier molecular flexibility index (Phi) is 7.53. The maximum absolute atomic E-state index is 6.74. The van der Waals surface area contributed by atoms with E-state index in [9.17, 15) is 0 Å². The van der Waals surface area contributed by atoms with Crippen LogP contribution in [0.4, 0.5) is 0 Å². The van der Waals surface area contributed by atoms with Crippen LogP contribution in [0.3, 0.4) is 0 Å². The van der Waals surface area contributed by atoms with E-state index in [2.05, 4.69) is 206 Å². The number of rotatable bonds is 6. The Labute approximate surface area is 324 Å². The molecule has 0 aliphatic carbocycles. The largest absolute Gasteiger partial charge is 0.452 e. The van der Waals surface area contributed by atoms with E-state index in [4.69, 9.17) is 8.83 Å². The fourth-order valence-electron chi connectivity index (χ4n) is 8.20. The Morgan fingerprint density at radius 2 is 0.464 bits per heavy atom. The molecule has 9 aromatic carbocycles. The predicted octanol–water partition coefficient (Wildman–Crippen LogP) is 15.5. The molecule has 2 aromatic heterocycles. The van der Waals surface area contributed by atoms with Crippen LogP contribution in [-0.4, -0.2) is 0 Å². The average molecular weight is 715 g/mol. The SMILES string of the molecule is c1ccc(-c2cc(-c3ccccc3)cc(-c3ccc4c(c3)oc3c4ccc4c5ccc(-c6cc(-c7ccccc7)cc(-c7ccccc7)c6)cc5oc43)c2)cc1. The lowest BCUT2D eigenvalue weighted by Crippen LogP contribution is -1.86. The van der Waals surface area contributed by atoms with Crippen LogP contribution in [0.2, 0.25) is 0 Å². The first-order valence-corrected chi connectivity index (χ1v) is 19.1. The van der Waals surface area contributed by atoms with Crippen molar-refractivity contribution in [1.82, 2.24) is 0 Å². The second kappa shape index (κ2) is 13.2. The molecule has 0 saturated carbocycles. The summed E-state index contributed by atoms with van der Waals surface area (Å²) in [4.78, 5) is 0. The van der Waals surface area contributed by atoms with Crippen molar-refractivity contribution < 1.29 is 8.83 Å². The Balaban J connectivity index is 1.03. The summed E-state index contributed by atoms with van der Waals surface area (Å²) in [7, 11) is 0. The van der Waals surface area contributed by atoms with Gasteiger partial charge in [-0.2, -0.15) is 0 Å². The molecule has 0 atom stereocenters. The quantitative estimate of drug-likeness (QED) is 0.171. The fourth-order valence-corrected chi connectivity index (χ4v) is 8.20. The first-order chi connectivity index (χ1) is 27.7. The molecular formula is C54H34O2. The molecule has 2 nitrogen and oxygen atoms in total. The zero-order valence-electron chi connectivity index (χ0n) is 30.4. The van der Waals surface area contributed by atoms with Gasteiger partial charge in [-0.25, -0.2) is 0 Å². The number of hydrogen-bond donors (Lipinski definition) is 0. The summed E-state index contributed by atoms with van der Waals surface area (Å²) in [5, 5.41) is 4.23. The number of fused-ring (bicyclic) bond motifs is 7. The van der Waals surface area contributed by atoms with Crippen molar-refractivity contribution in [2.24, 2.45) is 0 Å². The molecule has 11 aromatic rings. The molecule has 0 aliphatic heterocycles. The zero-order chi connectivity index (χ0) is 37.0. The molecule has 0 spiro atoms. The Morgan fingerprint density at radius 1 is 0.196 bits per heavy atom. The lowest BCUT2D eigenvalue weighted by Gasteiger charge is -2.11. The van der Waals surface area contributed by atoms with Crippen molar-refractivity contribution in [3.05, 3.63) is 206 Å². The minimum atomic E-state index is 0.771. The molecule has 0 radical (unpaired) electrons. The maximum atomic E-state index is 6.74. The van der Waals surface area contributed by atoms with Crippen LogP contribution in [0, 0.1) is 0 Å². The van der Waals surface area contributed by atoms with Crippen LogP contribution in [0.15, 0.2) is 215 Å². The van der Waals surface area contributed by atoms with E-state index < -0.39 is 0 Å². The molecule has 11 rings (SSSR count). The third kappa shape index (κ3) is 5.59. The molecule has 0 amide bonds. The predicted molar refractivity (Wildman–Crippen MR) is 234 cm³/mol. The first kappa shape index (κ1) is 32.0. The van der Waals surface area contributed by atoms with E-state index in [-0.39, 0.29) is 0 Å². The molecule has 0 fully saturated rings. The highest BCUT2D eigenvalue weighted by Gasteiger charge is 2.18. The van der Waals surface area contributed by atoms with Crippen molar-refractivity contribution in [2.75, 3.05) is 0 Å². The summed E-state index contributed by atoms with van der Waals surface area (Å²) in [5.74, 6) is 0. The van der Waals surface area contributed by atoms with Gasteiger partial charge >= 0.3 is 0 Å². The van der Waals surface area contributed by atoms with E-state index in [0.29, 0.717) is 0 Å². The number of benzene rings is 9. The van der Waals surface area contributed by atoms with Crippen LogP contribution in [0.25, 0.3) is 111 Å². The molecule has 0 bridgehead atoms. The van der Waals surface area contributed by atoms with Crippen LogP contribution in [0.1, 0.15) is 0 Å². The third-order valence-corrected chi connectivity index (χ3v) is 11.0. The third-order valence-electron chi connectivity index (χ3n) is 11.0. The smallest absolute Gasteiger partial charge is 0.178 e. The minimum Gasteiger partial charge on any atom is -0.452 e. The molecule has 0 aliphatic rings. The highest BCUT2D eigenvalue weighted by molar-refractivity contribution is 6.19. The van der Waals surface area contributed by atoms with Crippen LogP contribution in [-0.2, 0) is 0 Å². The second-order valence-corrected chi connectivity index (χ2v) is 14.5. The monoisotopic (exact) mass is 714 g/mol. The van der Waals surface area contributed by atoms with Gasteiger partial charge < -0.3 is 8.83 Å². The van der Waals surface area contributed by atoms with Crippen LogP contribution >= 0.6 is 0 Å². The van der Waals surface area contributed by atoms with Gasteiger partial charge in [0.25, 0.3) is 0 Å². The summed E-state index contributed by atoms with van der Waals surface area (Å²) >= 11 is 0. The molecule has 0 N–H and O–H groups in total. The van der Waals surface area contributed by atoms with Gasteiger partial charge in [-0.05, 0) is 140 Å². The van der Waals surface area contributed by atoms with Crippen molar-refractivity contribution in [2.45, 2.75) is 0 Å². The first-order valence-electron chi connectivity index (χ1n) is 19.1. The maximum Gasteiger partial charge on any atom is 0.178 e. The summed E-state index contributed by atoms with van der Waals surface area (Å²) in [5.41, 5.74) is 17.2. The van der Waals surface area contributed by atoms with E-state index in [1.165, 1.54) is 44.5 Å². The normalized spacial score (nSPS) is 11.6. The van der Waals surface area contributed by atoms with Crippen LogP contribution < -0.4 is 0 Å². The highest BCUT2D eigenvalue weighted by Crippen LogP contribution is 2.42. The minimum absolute atomic E-state index is 0.771. The van der Waals surface area contributed by atoms with E-state index >= 15 is 0 Å². The highest BCUT2D eigenvalue weighted by atomic mass is 16.4. The molecule has 0 unspecified atom stereocenters. The fraction of sp³-hybridized carbons (Fsp3) is 0. The van der Waals surface area contributed by atoms with Crippen LogP contribution in [0.5, 0.6) is 0 Å². The molecule has 2 heteroatoms. The van der Waals surface area contributed by atoms with Gasteiger partial charge in [0.15, 0.2) is 11.2 Å². The van der Waals surface area contributed by atoms with Gasteiger partial charge in [0.1, 0.15) is 11.2 Å². The summed E-state index contributed by atoms with van der Waals surface area (Å²) in [6.07, 6.45) is 0. The van der Waals surface area contributed by atoms with Crippen molar-refractivity contribution >= 4 is 43.9 Å². The standard InChI is InChI=1S/C54H34O2/c1-5-13-35(14-6-1)41-27-42(36-15-7-2-8-16-36)30-45(29-41)39-21-23-47-49-25-26-50-48-24-22-40(34-52(48)56-54(50)53(49)55-51(47)33-39)46-31-43(37-17-9-3-10-18-37)28-44(32-46)38-19-11-4-12-20-38/h1-34H. The molecule has 2 heterocycles. The average Bonchev–Trinajstić information content (AvgIpc) is 3.85. The van der Waals surface area contributed by atoms with Crippen molar-refractivity contribution in [3.63, 3.8) is 0 Å². The van der Waals surface area contributed by atoms with Gasteiger partial charge in [-0.1, -0.05) is 133 Å². The molecular weight excluding hydrogens is 681 g/mol. The molecule has 262 valence electrons. The lowest BCUT2D eigenvalue weighted by molar-refractivity contribution is 0.633. The lowest BCUT2D eigenvalue weighted by atomic mass is 9.93. The number of hydrogen-bond acceptors (Lipinski definition) is 2. The topological polar surface area (TPSA) is 26.3 Å². The summed E-state index contributed by atoms with van der Waals surface area (Å²) in [6, 6.07) is 73.5. The van der Waals surface area contributed by atoms with Gasteiger partial charge in [-0.15, -0.1) is 0 Å². The Hall–Kier alpha value is -7.42. The van der Waals surface area contributed by atoms with Crippen molar-refractivity contribution in [1.29, 1.82) is 0 Å². The second-order valence-electron chi connectivity index (χ2n) is 14.5. The van der Waals surface area contributed by atoms with Gasteiger partial charge in [0.05, 0.1) is 0 Å². The van der Waals surface area contributed by atoms with Crippen molar-refractivity contribution in [3.8, 4) is 66.8 Å². The molecule has 56 heavy (non-hydrogen) atoms. The van der Waals surface area contributed by atoms with Gasteiger partial charge in [0, 0.05) is 21.5 Å². The van der Waals surface area contributed by atoms with Gasteiger partial charge in [-0.3, -0.25) is 0 Å². The van der Waals surface area contributed by atoms with E-state index in [1.807, 2.05) is 0 Å². The molecule has 0 saturated heterocycles. The Bertz CT molecular complexity index is 2870. The van der Waals surface area contributed by atoms with Gasteiger partial charge in [0.2, 0.25) is 0 Å². The van der Waals surface area contributed by atoms with E-state index in [0.717, 1.165) is 66.1 Å². The Morgan fingerprint density at radius 3 is 0.768 bits per heavy atom. The zero-order valence-corrected chi connectivity index (χ0v) is 30.4. The summed E-state index contributed by atoms with van der Waals surface area (Å²) in [6.45, 7) is 0. The van der Waals surface area contributed by atoms with E-state index in [1.54, 1.807) is 0 Å². The number of furan rings is 2.